The first-order valence-corrected chi connectivity index (χ1v) is 11.4. The molecule has 0 aromatic heterocycles. The number of aryl methyl sites for hydroxylation is 1. The van der Waals surface area contributed by atoms with Gasteiger partial charge in [0.2, 0.25) is 0 Å². The number of carbonyl (C=O) groups is 3. The molecule has 0 N–H and O–H groups in total. The van der Waals surface area contributed by atoms with E-state index in [-0.39, 0.29) is 29.6 Å². The van der Waals surface area contributed by atoms with Gasteiger partial charge in [0.25, 0.3) is 28.6 Å². The minimum absolute atomic E-state index is 0.0147. The number of carbonyl (C=O) groups excluding carboxylic acids is 3. The third kappa shape index (κ3) is 4.81. The Hall–Kier alpha value is -4.15. The number of halogens is 1. The van der Waals surface area contributed by atoms with E-state index in [4.69, 9.17) is 28.6 Å². The van der Waals surface area contributed by atoms with Crippen LogP contribution in [0.3, 0.4) is 0 Å². The van der Waals surface area contributed by atoms with E-state index < -0.39 is 22.6 Å². The zero-order valence-electron chi connectivity index (χ0n) is 18.8. The average Bonchev–Trinajstić information content (AvgIpc) is 3.11. The number of rotatable bonds is 6. The first-order chi connectivity index (χ1) is 17.2. The van der Waals surface area contributed by atoms with Crippen molar-refractivity contribution in [1.29, 1.82) is 0 Å². The molecule has 0 saturated heterocycles. The molecular formula is C25H18ClN3O6S. The molecule has 3 aromatic rings. The van der Waals surface area contributed by atoms with Crippen LogP contribution >= 0.6 is 23.8 Å². The summed E-state index contributed by atoms with van der Waals surface area (Å²) in [4.78, 5) is 51.5. The molecule has 182 valence electrons. The number of anilines is 1. The number of amides is 3. The van der Waals surface area contributed by atoms with Crippen LogP contribution < -0.4 is 4.90 Å². The van der Waals surface area contributed by atoms with Crippen molar-refractivity contribution in [2.45, 2.75) is 6.92 Å². The van der Waals surface area contributed by atoms with Crippen LogP contribution in [0.5, 0.6) is 0 Å². The third-order valence-corrected chi connectivity index (χ3v) is 6.07. The molecule has 3 aromatic carbocycles. The number of hydrogen-bond donors (Lipinski definition) is 0. The summed E-state index contributed by atoms with van der Waals surface area (Å²) >= 11 is 11.3. The number of nitro benzene ring substituents is 1. The molecule has 11 heteroatoms. The Morgan fingerprint density at radius 1 is 1.08 bits per heavy atom. The summed E-state index contributed by atoms with van der Waals surface area (Å²) in [7, 11) is 0. The maximum Gasteiger partial charge on any atom is 0.271 e. The van der Waals surface area contributed by atoms with E-state index in [1.807, 2.05) is 0 Å². The maximum absolute atomic E-state index is 13.3. The fraction of sp³-hybridized carbons (Fsp3) is 0.120. The van der Waals surface area contributed by atoms with Gasteiger partial charge in [-0.25, -0.2) is 4.90 Å². The summed E-state index contributed by atoms with van der Waals surface area (Å²) in [5, 5.41) is 11.3. The summed E-state index contributed by atoms with van der Waals surface area (Å²) in [5.74, 6) is -1.53. The predicted octanol–water partition coefficient (Wildman–Crippen LogP) is 4.80. The van der Waals surface area contributed by atoms with Gasteiger partial charge in [-0.15, -0.1) is 0 Å². The predicted molar refractivity (Wildman–Crippen MR) is 136 cm³/mol. The number of non-ortho nitro benzene ring substituents is 1. The lowest BCUT2D eigenvalue weighted by Crippen LogP contribution is -2.39. The second-order valence-corrected chi connectivity index (χ2v) is 8.58. The first-order valence-electron chi connectivity index (χ1n) is 10.7. The highest BCUT2D eigenvalue weighted by molar-refractivity contribution is 7.80. The van der Waals surface area contributed by atoms with Crippen LogP contribution in [-0.4, -0.2) is 45.9 Å². The highest BCUT2D eigenvalue weighted by Crippen LogP contribution is 2.26. The van der Waals surface area contributed by atoms with Crippen molar-refractivity contribution in [3.8, 4) is 0 Å². The fourth-order valence-corrected chi connectivity index (χ4v) is 4.17. The van der Waals surface area contributed by atoms with Crippen LogP contribution in [0.25, 0.3) is 0 Å². The van der Waals surface area contributed by atoms with E-state index in [1.54, 1.807) is 49.4 Å². The number of nitro groups is 1. The Kier molecular flexibility index (Phi) is 7.09. The molecular weight excluding hydrogens is 506 g/mol. The number of benzene rings is 3. The number of hydrogen-bond acceptors (Lipinski definition) is 7. The minimum Gasteiger partial charge on any atom is -0.468 e. The number of ether oxygens (including phenoxy) is 1. The Morgan fingerprint density at radius 3 is 2.44 bits per heavy atom. The molecule has 0 bridgehead atoms. The topological polar surface area (TPSA) is 110 Å². The third-order valence-electron chi connectivity index (χ3n) is 5.52. The van der Waals surface area contributed by atoms with Gasteiger partial charge in [0, 0.05) is 22.7 Å². The summed E-state index contributed by atoms with van der Waals surface area (Å²) < 4.78 is 5.62. The molecule has 1 aliphatic rings. The van der Waals surface area contributed by atoms with Crippen molar-refractivity contribution in [2.75, 3.05) is 18.1 Å². The van der Waals surface area contributed by atoms with Crippen LogP contribution in [0.2, 0.25) is 5.02 Å². The van der Waals surface area contributed by atoms with E-state index >= 15 is 0 Å². The van der Waals surface area contributed by atoms with Crippen molar-refractivity contribution in [3.63, 3.8) is 0 Å². The molecule has 1 heterocycles. The number of thiocarbonyl (C=S) groups is 1. The molecule has 0 atom stereocenters. The van der Waals surface area contributed by atoms with Crippen molar-refractivity contribution in [3.05, 3.63) is 104 Å². The number of fused-ring (bicyclic) bond motifs is 1. The molecule has 4 rings (SSSR count). The van der Waals surface area contributed by atoms with Crippen LogP contribution in [0.1, 0.15) is 36.6 Å². The Labute approximate surface area is 216 Å². The number of nitrogens with zero attached hydrogens (tertiary/aromatic N) is 3. The smallest absolute Gasteiger partial charge is 0.271 e. The minimum atomic E-state index is -0.664. The van der Waals surface area contributed by atoms with E-state index in [9.17, 15) is 24.5 Å². The summed E-state index contributed by atoms with van der Waals surface area (Å²) in [6.07, 6.45) is 0. The highest BCUT2D eigenvalue weighted by Gasteiger charge is 2.36. The van der Waals surface area contributed by atoms with Gasteiger partial charge >= 0.3 is 0 Å². The average molecular weight is 524 g/mol. The molecule has 0 saturated carbocycles. The highest BCUT2D eigenvalue weighted by atomic mass is 35.5. The Morgan fingerprint density at radius 2 is 1.78 bits per heavy atom. The molecule has 0 radical (unpaired) electrons. The quantitative estimate of drug-likeness (QED) is 0.197. The SMILES string of the molecule is Cc1cccc2c1C(=O)N(CCOC(=S)N(C(=O)c1cccc([N+](=O)[O-])c1)c1ccc(Cl)cc1)C2=O. The summed E-state index contributed by atoms with van der Waals surface area (Å²) in [5.41, 5.74) is 1.45. The second-order valence-electron chi connectivity index (χ2n) is 7.80. The van der Waals surface area contributed by atoms with Gasteiger partial charge in [-0.1, -0.05) is 29.8 Å². The van der Waals surface area contributed by atoms with Gasteiger partial charge < -0.3 is 4.74 Å². The zero-order chi connectivity index (χ0) is 26.0. The van der Waals surface area contributed by atoms with E-state index in [2.05, 4.69) is 0 Å². The lowest BCUT2D eigenvalue weighted by Gasteiger charge is -2.24. The molecule has 3 amide bonds. The summed E-state index contributed by atoms with van der Waals surface area (Å²) in [6, 6.07) is 16.4. The normalized spacial score (nSPS) is 12.3. The first kappa shape index (κ1) is 25.0. The molecule has 0 fully saturated rings. The molecule has 36 heavy (non-hydrogen) atoms. The zero-order valence-corrected chi connectivity index (χ0v) is 20.4. The van der Waals surface area contributed by atoms with Crippen LogP contribution in [-0.2, 0) is 4.74 Å². The van der Waals surface area contributed by atoms with Gasteiger partial charge in [0.15, 0.2) is 0 Å². The van der Waals surface area contributed by atoms with Crippen molar-refractivity contribution >= 4 is 58.1 Å². The van der Waals surface area contributed by atoms with Gasteiger partial charge in [0.1, 0.15) is 6.61 Å². The van der Waals surface area contributed by atoms with Gasteiger partial charge in [0.05, 0.1) is 28.3 Å². The Bertz CT molecular complexity index is 1410. The molecule has 0 aliphatic carbocycles. The van der Waals surface area contributed by atoms with Gasteiger partial charge in [-0.05, 0) is 61.1 Å². The Balaban J connectivity index is 1.53. The van der Waals surface area contributed by atoms with E-state index in [1.165, 1.54) is 18.2 Å². The van der Waals surface area contributed by atoms with Gasteiger partial charge in [-0.3, -0.25) is 29.4 Å². The molecule has 0 unspecified atom stereocenters. The maximum atomic E-state index is 13.3. The monoisotopic (exact) mass is 523 g/mol. The molecule has 9 nitrogen and oxygen atoms in total. The second kappa shape index (κ2) is 10.2. The van der Waals surface area contributed by atoms with E-state index in [0.717, 1.165) is 15.9 Å². The summed E-state index contributed by atoms with van der Waals surface area (Å²) in [6.45, 7) is 1.49. The van der Waals surface area contributed by atoms with E-state index in [0.29, 0.717) is 27.4 Å². The van der Waals surface area contributed by atoms with Crippen molar-refractivity contribution in [1.82, 2.24) is 4.90 Å². The largest absolute Gasteiger partial charge is 0.468 e. The van der Waals surface area contributed by atoms with Crippen LogP contribution in [0.4, 0.5) is 11.4 Å². The molecule has 1 aliphatic heterocycles. The number of imide groups is 1. The lowest BCUT2D eigenvalue weighted by atomic mass is 10.0. The van der Waals surface area contributed by atoms with Crippen LogP contribution in [0, 0.1) is 17.0 Å². The van der Waals surface area contributed by atoms with Crippen molar-refractivity contribution in [2.24, 2.45) is 0 Å². The van der Waals surface area contributed by atoms with Crippen molar-refractivity contribution < 1.29 is 24.0 Å². The lowest BCUT2D eigenvalue weighted by molar-refractivity contribution is -0.384. The molecule has 0 spiro atoms. The van der Waals surface area contributed by atoms with Crippen LogP contribution in [0.15, 0.2) is 66.7 Å². The standard InChI is InChI=1S/C25H18ClN3O6S/c1-15-4-2-7-20-21(15)24(32)27(23(20)31)12-13-35-25(36)28(18-10-8-17(26)9-11-18)22(30)16-5-3-6-19(14-16)29(33)34/h2-11,14H,12-13H2,1H3. The van der Waals surface area contributed by atoms with Gasteiger partial charge in [-0.2, -0.15) is 0 Å². The fourth-order valence-electron chi connectivity index (χ4n) is 3.77.